The summed E-state index contributed by atoms with van der Waals surface area (Å²) in [5.74, 6) is -2.02. The zero-order valence-electron chi connectivity index (χ0n) is 14.5. The molecule has 2 fully saturated rings. The number of imide groups is 2. The highest BCUT2D eigenvalue weighted by Crippen LogP contribution is 2.13. The number of nitrogens with one attached hydrogen (secondary N) is 2. The molecule has 0 bridgehead atoms. The van der Waals surface area contributed by atoms with E-state index < -0.39 is 23.8 Å². The molecule has 1 atom stereocenters. The second kappa shape index (κ2) is 8.89. The van der Waals surface area contributed by atoms with Gasteiger partial charge in [0.2, 0.25) is 11.8 Å². The molecule has 0 saturated carbocycles. The molecule has 2 rings (SSSR count). The van der Waals surface area contributed by atoms with E-state index in [1.54, 1.807) is 6.92 Å². The second-order valence-electron chi connectivity index (χ2n) is 6.21. The molecule has 2 heterocycles. The summed E-state index contributed by atoms with van der Waals surface area (Å²) in [4.78, 5) is 43.3. The molecule has 134 valence electrons. The van der Waals surface area contributed by atoms with Crippen LogP contribution in [-0.4, -0.2) is 74.4 Å². The van der Waals surface area contributed by atoms with Crippen molar-refractivity contribution in [3.05, 3.63) is 0 Å². The maximum Gasteiger partial charge on any atom is 0.330 e. The van der Waals surface area contributed by atoms with Gasteiger partial charge >= 0.3 is 6.03 Å². The lowest BCUT2D eigenvalue weighted by Crippen LogP contribution is -3.14. The number of hydrogen-bond acceptors (Lipinski definition) is 5. The standard InChI is InChI=1S/C16H26N4O4/c1-3-4-6-20-15(22)13(14(21)18-16(20)23)12(2)17-5-7-19-8-10-24-11-9-19/h13H,3-11H2,1-2H3,(H,18,21,23)/p+1/t13-/m0/s1. The van der Waals surface area contributed by atoms with Crippen LogP contribution in [0.25, 0.3) is 0 Å². The van der Waals surface area contributed by atoms with Gasteiger partial charge in [-0.1, -0.05) is 13.3 Å². The molecule has 0 aliphatic carbocycles. The van der Waals surface area contributed by atoms with Crippen molar-refractivity contribution < 1.29 is 24.0 Å². The van der Waals surface area contributed by atoms with Gasteiger partial charge in [-0.15, -0.1) is 0 Å². The Morgan fingerprint density at radius 3 is 2.71 bits per heavy atom. The number of ether oxygens (including phenoxy) is 1. The molecule has 2 saturated heterocycles. The molecule has 8 nitrogen and oxygen atoms in total. The molecule has 0 radical (unpaired) electrons. The van der Waals surface area contributed by atoms with Gasteiger partial charge in [0.25, 0.3) is 0 Å². The SMILES string of the molecule is CCCCN1C(=O)NC(=O)[C@H](C(C)=NCC[NH+]2CCOCC2)C1=O. The van der Waals surface area contributed by atoms with Crippen molar-refractivity contribution in [2.45, 2.75) is 26.7 Å². The van der Waals surface area contributed by atoms with Gasteiger partial charge < -0.3 is 9.64 Å². The van der Waals surface area contributed by atoms with Gasteiger partial charge in [-0.05, 0) is 13.3 Å². The summed E-state index contributed by atoms with van der Waals surface area (Å²) < 4.78 is 5.31. The van der Waals surface area contributed by atoms with E-state index >= 15 is 0 Å². The lowest BCUT2D eigenvalue weighted by molar-refractivity contribution is -0.906. The van der Waals surface area contributed by atoms with Crippen LogP contribution in [0.1, 0.15) is 26.7 Å². The maximum absolute atomic E-state index is 12.5. The van der Waals surface area contributed by atoms with Crippen LogP contribution >= 0.6 is 0 Å². The average Bonchev–Trinajstić information content (AvgIpc) is 2.55. The minimum atomic E-state index is -0.987. The van der Waals surface area contributed by atoms with Crippen LogP contribution in [0.5, 0.6) is 0 Å². The Kier molecular flexibility index (Phi) is 6.86. The molecule has 0 aromatic rings. The van der Waals surface area contributed by atoms with Gasteiger partial charge in [-0.3, -0.25) is 24.8 Å². The summed E-state index contributed by atoms with van der Waals surface area (Å²) in [5, 5.41) is 2.26. The van der Waals surface area contributed by atoms with Gasteiger partial charge in [0, 0.05) is 12.3 Å². The van der Waals surface area contributed by atoms with E-state index in [9.17, 15) is 14.4 Å². The van der Waals surface area contributed by atoms with E-state index in [0.29, 0.717) is 18.8 Å². The number of urea groups is 1. The number of aliphatic imine (C=N–C) groups is 1. The third-order valence-corrected chi connectivity index (χ3v) is 4.43. The van der Waals surface area contributed by atoms with E-state index in [4.69, 9.17) is 4.74 Å². The van der Waals surface area contributed by atoms with E-state index in [1.165, 1.54) is 4.90 Å². The fourth-order valence-electron chi connectivity index (χ4n) is 2.90. The van der Waals surface area contributed by atoms with Gasteiger partial charge in [0.15, 0.2) is 5.92 Å². The van der Waals surface area contributed by atoms with Crippen LogP contribution in [-0.2, 0) is 14.3 Å². The van der Waals surface area contributed by atoms with Gasteiger partial charge in [0.05, 0.1) is 26.3 Å². The van der Waals surface area contributed by atoms with Crippen molar-refractivity contribution in [2.24, 2.45) is 10.9 Å². The molecular weight excluding hydrogens is 312 g/mol. The summed E-state index contributed by atoms with van der Waals surface area (Å²) in [7, 11) is 0. The highest BCUT2D eigenvalue weighted by molar-refractivity contribution is 6.27. The van der Waals surface area contributed by atoms with Gasteiger partial charge in [-0.25, -0.2) is 4.79 Å². The topological polar surface area (TPSA) is 92.5 Å². The number of rotatable bonds is 7. The Labute approximate surface area is 142 Å². The predicted octanol–water partition coefficient (Wildman–Crippen LogP) is -1.14. The van der Waals surface area contributed by atoms with Crippen molar-refractivity contribution in [3.63, 3.8) is 0 Å². The van der Waals surface area contributed by atoms with E-state index in [2.05, 4.69) is 10.3 Å². The number of hydrogen-bond donors (Lipinski definition) is 2. The van der Waals surface area contributed by atoms with Crippen LogP contribution < -0.4 is 10.2 Å². The molecule has 2 aliphatic heterocycles. The van der Waals surface area contributed by atoms with Crippen molar-refractivity contribution in [2.75, 3.05) is 45.9 Å². The molecule has 2 aliphatic rings. The Bertz CT molecular complexity index is 514. The Hall–Kier alpha value is -1.80. The predicted molar refractivity (Wildman–Crippen MR) is 88.0 cm³/mol. The van der Waals surface area contributed by atoms with Crippen LogP contribution in [0.3, 0.4) is 0 Å². The largest absolute Gasteiger partial charge is 0.370 e. The molecule has 0 aromatic carbocycles. The van der Waals surface area contributed by atoms with E-state index in [-0.39, 0.29) is 0 Å². The first-order valence-corrected chi connectivity index (χ1v) is 8.63. The Morgan fingerprint density at radius 2 is 2.04 bits per heavy atom. The number of unbranched alkanes of at least 4 members (excludes halogenated alkanes) is 1. The minimum Gasteiger partial charge on any atom is -0.370 e. The third-order valence-electron chi connectivity index (χ3n) is 4.43. The zero-order chi connectivity index (χ0) is 17.5. The molecule has 0 aromatic heterocycles. The second-order valence-corrected chi connectivity index (χ2v) is 6.21. The molecule has 24 heavy (non-hydrogen) atoms. The minimum absolute atomic E-state index is 0.330. The maximum atomic E-state index is 12.5. The molecule has 8 heteroatoms. The highest BCUT2D eigenvalue weighted by Gasteiger charge is 2.41. The fourth-order valence-corrected chi connectivity index (χ4v) is 2.90. The number of morpholine rings is 1. The monoisotopic (exact) mass is 339 g/mol. The van der Waals surface area contributed by atoms with Crippen molar-refractivity contribution >= 4 is 23.6 Å². The summed E-state index contributed by atoms with van der Waals surface area (Å²) in [6.07, 6.45) is 1.59. The summed E-state index contributed by atoms with van der Waals surface area (Å²) in [6.45, 7) is 8.83. The molecule has 2 N–H and O–H groups in total. The zero-order valence-corrected chi connectivity index (χ0v) is 14.5. The lowest BCUT2D eigenvalue weighted by Gasteiger charge is -2.30. The third kappa shape index (κ3) is 4.61. The summed E-state index contributed by atoms with van der Waals surface area (Å²) >= 11 is 0. The normalized spacial score (nSPS) is 23.6. The van der Waals surface area contributed by atoms with Crippen molar-refractivity contribution in [1.82, 2.24) is 10.2 Å². The number of quaternary nitrogens is 1. The number of nitrogens with zero attached hydrogens (tertiary/aromatic N) is 2. The first kappa shape index (κ1) is 18.5. The molecule has 0 spiro atoms. The summed E-state index contributed by atoms with van der Waals surface area (Å²) in [6, 6.07) is -0.625. The van der Waals surface area contributed by atoms with Gasteiger partial charge in [-0.2, -0.15) is 0 Å². The Morgan fingerprint density at radius 1 is 1.33 bits per heavy atom. The smallest absolute Gasteiger partial charge is 0.330 e. The summed E-state index contributed by atoms with van der Waals surface area (Å²) in [5.41, 5.74) is 0.471. The van der Waals surface area contributed by atoms with Crippen molar-refractivity contribution in [1.29, 1.82) is 0 Å². The number of carbonyl (C=O) groups is 3. The first-order chi connectivity index (χ1) is 11.5. The van der Waals surface area contributed by atoms with Crippen molar-refractivity contribution in [3.8, 4) is 0 Å². The molecular formula is C16H27N4O4+. The number of carbonyl (C=O) groups excluding carboxylic acids is 3. The quantitative estimate of drug-likeness (QED) is 0.453. The van der Waals surface area contributed by atoms with Crippen LogP contribution in [0.2, 0.25) is 0 Å². The lowest BCUT2D eigenvalue weighted by atomic mass is 9.99. The fraction of sp³-hybridized carbons (Fsp3) is 0.750. The van der Waals surface area contributed by atoms with Crippen LogP contribution in [0, 0.1) is 5.92 Å². The average molecular weight is 339 g/mol. The van der Waals surface area contributed by atoms with Crippen LogP contribution in [0.15, 0.2) is 4.99 Å². The molecule has 0 unspecified atom stereocenters. The number of amides is 4. The number of barbiturate groups is 1. The highest BCUT2D eigenvalue weighted by atomic mass is 16.5. The Balaban J connectivity index is 1.96. The first-order valence-electron chi connectivity index (χ1n) is 8.63. The molecule has 4 amide bonds. The van der Waals surface area contributed by atoms with Crippen LogP contribution in [0.4, 0.5) is 4.79 Å². The van der Waals surface area contributed by atoms with E-state index in [1.807, 2.05) is 6.92 Å². The van der Waals surface area contributed by atoms with Gasteiger partial charge in [0.1, 0.15) is 13.1 Å². The van der Waals surface area contributed by atoms with E-state index in [0.717, 1.165) is 50.6 Å².